The summed E-state index contributed by atoms with van der Waals surface area (Å²) < 4.78 is 9.67. The molecule has 0 fully saturated rings. The van der Waals surface area contributed by atoms with Crippen LogP contribution in [-0.2, 0) is 5.41 Å². The third-order valence-corrected chi connectivity index (χ3v) is 20.6. The first-order valence-electron chi connectivity index (χ1n) is 33.6. The number of hydrogen-bond donors (Lipinski definition) is 0. The number of hydrogen-bond acceptors (Lipinski definition) is 0. The standard InChI is InChI=1S/C48H32N2.C45H32N2/c1-4-14-33(15-5-1)37-28-38(34-16-6-2-7-17-34)30-40(29-37)50-45-22-12-10-20-41(45)43-26-24-36(32-48(43)50)35-25-27-47-44(31-35)42-21-11-13-23-46(42)49(47)39-18-8-3-9-19-39;1-45(2)39-17-9-6-14-33(39)34-24-22-32(28-40(34)45)47-41-18-10-7-15-35(41)37-23-20-30(27-44(37)47)29-21-25-43-38(26-29)36-16-8-11-19-42(36)46(43)31-12-4-3-5-13-31/h1-32H;3-28H,1-2H3. The fraction of sp³-hybridized carbons (Fsp3) is 0.0323. The molecule has 4 nitrogen and oxygen atoms in total. The Balaban J connectivity index is 0.000000137. The molecule has 0 aliphatic heterocycles. The molecule has 0 unspecified atom stereocenters. The predicted octanol–water partition coefficient (Wildman–Crippen LogP) is 24.7. The minimum Gasteiger partial charge on any atom is -0.309 e. The van der Waals surface area contributed by atoms with Crippen molar-refractivity contribution < 1.29 is 0 Å². The zero-order chi connectivity index (χ0) is 64.3. The van der Waals surface area contributed by atoms with Crippen LogP contribution in [0.4, 0.5) is 0 Å². The molecule has 4 heterocycles. The molecule has 4 aromatic heterocycles. The predicted molar refractivity (Wildman–Crippen MR) is 410 cm³/mol. The lowest BCUT2D eigenvalue weighted by molar-refractivity contribution is 0.660. The number of fused-ring (bicyclic) bond motifs is 15. The first kappa shape index (κ1) is 56.1. The van der Waals surface area contributed by atoms with Gasteiger partial charge in [0.2, 0.25) is 0 Å². The minimum absolute atomic E-state index is 0.0554. The molecule has 0 atom stereocenters. The number of rotatable bonds is 8. The lowest BCUT2D eigenvalue weighted by Gasteiger charge is -2.22. The Labute approximate surface area is 562 Å². The molecule has 0 N–H and O–H groups in total. The maximum atomic E-state index is 2.47. The number of nitrogens with zero attached hydrogens (tertiary/aromatic N) is 4. The van der Waals surface area contributed by atoms with Gasteiger partial charge >= 0.3 is 0 Å². The summed E-state index contributed by atoms with van der Waals surface area (Å²) in [6.45, 7) is 4.71. The molecule has 4 heteroatoms. The fourth-order valence-electron chi connectivity index (χ4n) is 16.0. The second-order valence-corrected chi connectivity index (χ2v) is 26.4. The van der Waals surface area contributed by atoms with Crippen LogP contribution in [0.2, 0.25) is 0 Å². The minimum atomic E-state index is -0.0554. The lowest BCUT2D eigenvalue weighted by atomic mass is 9.82. The molecule has 0 saturated carbocycles. The highest BCUT2D eigenvalue weighted by molar-refractivity contribution is 6.15. The molecule has 1 aliphatic rings. The van der Waals surface area contributed by atoms with Crippen LogP contribution in [0.3, 0.4) is 0 Å². The number of aromatic nitrogens is 4. The number of benzene rings is 15. The van der Waals surface area contributed by atoms with Gasteiger partial charge in [-0.05, 0) is 182 Å². The van der Waals surface area contributed by atoms with Crippen molar-refractivity contribution in [2.45, 2.75) is 19.3 Å². The van der Waals surface area contributed by atoms with E-state index in [0.29, 0.717) is 0 Å². The Bertz CT molecular complexity index is 6260. The molecule has 97 heavy (non-hydrogen) atoms. The van der Waals surface area contributed by atoms with Crippen molar-refractivity contribution in [3.63, 3.8) is 0 Å². The van der Waals surface area contributed by atoms with Crippen molar-refractivity contribution >= 4 is 87.2 Å². The van der Waals surface area contributed by atoms with E-state index in [-0.39, 0.29) is 5.41 Å². The molecule has 0 bridgehead atoms. The summed E-state index contributed by atoms with van der Waals surface area (Å²) in [6.07, 6.45) is 0. The van der Waals surface area contributed by atoms with Gasteiger partial charge in [0.25, 0.3) is 0 Å². The highest BCUT2D eigenvalue weighted by atomic mass is 15.0. The zero-order valence-corrected chi connectivity index (χ0v) is 53.8. The van der Waals surface area contributed by atoms with Crippen molar-refractivity contribution in [1.29, 1.82) is 0 Å². The van der Waals surface area contributed by atoms with Crippen LogP contribution >= 0.6 is 0 Å². The summed E-state index contributed by atoms with van der Waals surface area (Å²) in [5.74, 6) is 0. The van der Waals surface area contributed by atoms with Crippen molar-refractivity contribution in [2.75, 3.05) is 0 Å². The molecular weight excluding hydrogens is 1170 g/mol. The molecule has 0 amide bonds. The smallest absolute Gasteiger partial charge is 0.0547 e. The summed E-state index contributed by atoms with van der Waals surface area (Å²) in [5.41, 5.74) is 29.5. The van der Waals surface area contributed by atoms with Gasteiger partial charge in [-0.3, -0.25) is 0 Å². The lowest BCUT2D eigenvalue weighted by Crippen LogP contribution is -2.15. The first-order chi connectivity index (χ1) is 47.9. The van der Waals surface area contributed by atoms with E-state index in [1.54, 1.807) is 0 Å². The number of para-hydroxylation sites is 6. The molecule has 19 aromatic rings. The molecule has 1 aliphatic carbocycles. The SMILES string of the molecule is CC1(C)c2ccccc2-c2ccc(-n3c4ccccc4c4ccc(-c5ccc6c(c5)c5ccccc5n6-c5ccccc5)cc43)cc21.c1ccc(-c2cc(-c3ccccc3)cc(-n3c4ccccc4c4ccc(-c5ccc6c(c5)c5ccccc5n6-c5ccccc5)cc43)c2)cc1. The van der Waals surface area contributed by atoms with Crippen LogP contribution < -0.4 is 0 Å². The second-order valence-electron chi connectivity index (χ2n) is 26.4. The first-order valence-corrected chi connectivity index (χ1v) is 33.6. The van der Waals surface area contributed by atoms with E-state index in [0.717, 1.165) is 5.69 Å². The van der Waals surface area contributed by atoms with E-state index < -0.39 is 0 Å². The Hall–Kier alpha value is -12.5. The molecule has 20 rings (SSSR count). The van der Waals surface area contributed by atoms with E-state index in [2.05, 4.69) is 384 Å². The van der Waals surface area contributed by atoms with Gasteiger partial charge in [-0.2, -0.15) is 0 Å². The normalized spacial score (nSPS) is 12.5. The Morgan fingerprint density at radius 2 is 0.515 bits per heavy atom. The molecular formula is C93H64N4. The van der Waals surface area contributed by atoms with E-state index in [1.807, 2.05) is 0 Å². The van der Waals surface area contributed by atoms with E-state index in [9.17, 15) is 0 Å². The van der Waals surface area contributed by atoms with Crippen LogP contribution in [0.5, 0.6) is 0 Å². The topological polar surface area (TPSA) is 19.7 Å². The molecule has 456 valence electrons. The van der Waals surface area contributed by atoms with Gasteiger partial charge < -0.3 is 18.3 Å². The monoisotopic (exact) mass is 1240 g/mol. The quantitative estimate of drug-likeness (QED) is 0.144. The average molecular weight is 1240 g/mol. The Morgan fingerprint density at radius 3 is 0.990 bits per heavy atom. The van der Waals surface area contributed by atoms with Crippen LogP contribution in [0.15, 0.2) is 352 Å². The summed E-state index contributed by atoms with van der Waals surface area (Å²) >= 11 is 0. The average Bonchev–Trinajstić information content (AvgIpc) is 1.57. The van der Waals surface area contributed by atoms with Crippen molar-refractivity contribution in [1.82, 2.24) is 18.3 Å². The third-order valence-electron chi connectivity index (χ3n) is 20.6. The third kappa shape index (κ3) is 9.05. The van der Waals surface area contributed by atoms with Gasteiger partial charge in [-0.1, -0.05) is 250 Å². The summed E-state index contributed by atoms with van der Waals surface area (Å²) in [6, 6.07) is 129. The van der Waals surface area contributed by atoms with E-state index in [4.69, 9.17) is 0 Å². The van der Waals surface area contributed by atoms with Crippen LogP contribution in [0.25, 0.3) is 166 Å². The van der Waals surface area contributed by atoms with E-state index in [1.165, 1.54) is 171 Å². The zero-order valence-electron chi connectivity index (χ0n) is 53.8. The van der Waals surface area contributed by atoms with Crippen LogP contribution in [0.1, 0.15) is 25.0 Å². The summed E-state index contributed by atoms with van der Waals surface area (Å²) in [7, 11) is 0. The van der Waals surface area contributed by atoms with Crippen molar-refractivity contribution in [3.05, 3.63) is 363 Å². The van der Waals surface area contributed by atoms with Crippen molar-refractivity contribution in [2.24, 2.45) is 0 Å². The van der Waals surface area contributed by atoms with Gasteiger partial charge in [0, 0.05) is 71.3 Å². The molecule has 0 spiro atoms. The highest BCUT2D eigenvalue weighted by Crippen LogP contribution is 2.50. The molecule has 15 aromatic carbocycles. The summed E-state index contributed by atoms with van der Waals surface area (Å²) in [5, 5.41) is 10.1. The van der Waals surface area contributed by atoms with Crippen molar-refractivity contribution in [3.8, 4) is 78.4 Å². The highest BCUT2D eigenvalue weighted by Gasteiger charge is 2.35. The van der Waals surface area contributed by atoms with Gasteiger partial charge in [-0.25, -0.2) is 0 Å². The maximum Gasteiger partial charge on any atom is 0.0547 e. The van der Waals surface area contributed by atoms with Gasteiger partial charge in [-0.15, -0.1) is 0 Å². The maximum absolute atomic E-state index is 2.47. The second kappa shape index (κ2) is 22.3. The van der Waals surface area contributed by atoms with Crippen LogP contribution in [0, 0.1) is 0 Å². The van der Waals surface area contributed by atoms with Gasteiger partial charge in [0.05, 0.1) is 44.1 Å². The van der Waals surface area contributed by atoms with E-state index >= 15 is 0 Å². The molecule has 0 radical (unpaired) electrons. The Kier molecular flexibility index (Phi) is 12.9. The van der Waals surface area contributed by atoms with Gasteiger partial charge in [0.15, 0.2) is 0 Å². The largest absolute Gasteiger partial charge is 0.309 e. The fourth-order valence-corrected chi connectivity index (χ4v) is 16.0. The van der Waals surface area contributed by atoms with Gasteiger partial charge in [0.1, 0.15) is 0 Å². The van der Waals surface area contributed by atoms with Crippen LogP contribution in [-0.4, -0.2) is 18.3 Å². The summed E-state index contributed by atoms with van der Waals surface area (Å²) in [4.78, 5) is 0. The molecule has 0 saturated heterocycles. The Morgan fingerprint density at radius 1 is 0.175 bits per heavy atom.